The first-order chi connectivity index (χ1) is 9.20. The van der Waals surface area contributed by atoms with Gasteiger partial charge in [-0.3, -0.25) is 9.48 Å². The van der Waals surface area contributed by atoms with E-state index in [4.69, 9.17) is 4.74 Å². The van der Waals surface area contributed by atoms with Crippen LogP contribution >= 0.6 is 0 Å². The molecule has 0 aliphatic heterocycles. The summed E-state index contributed by atoms with van der Waals surface area (Å²) in [5.74, 6) is 0.691. The largest absolute Gasteiger partial charge is 0.496 e. The van der Waals surface area contributed by atoms with E-state index in [1.165, 1.54) is 0 Å². The van der Waals surface area contributed by atoms with Gasteiger partial charge in [0.25, 0.3) is 0 Å². The summed E-state index contributed by atoms with van der Waals surface area (Å²) in [4.78, 5) is 11.9. The van der Waals surface area contributed by atoms with Gasteiger partial charge >= 0.3 is 0 Å². The summed E-state index contributed by atoms with van der Waals surface area (Å²) < 4.78 is 6.87. The summed E-state index contributed by atoms with van der Waals surface area (Å²) in [5, 5.41) is 6.93. The summed E-state index contributed by atoms with van der Waals surface area (Å²) in [7, 11) is 1.62. The number of nitrogens with zero attached hydrogens (tertiary/aromatic N) is 2. The van der Waals surface area contributed by atoms with E-state index in [0.717, 1.165) is 11.3 Å². The van der Waals surface area contributed by atoms with Crippen molar-refractivity contribution in [3.8, 4) is 5.75 Å². The average molecular weight is 259 g/mol. The SMILES string of the molecule is COc1ccccc1[C@H](C)NC(=O)Cn1cccn1. The van der Waals surface area contributed by atoms with Crippen LogP contribution in [0.5, 0.6) is 5.75 Å². The summed E-state index contributed by atoms with van der Waals surface area (Å²) in [5.41, 5.74) is 0.957. The fourth-order valence-corrected chi connectivity index (χ4v) is 1.93. The molecule has 0 spiro atoms. The normalized spacial score (nSPS) is 11.9. The number of ether oxygens (including phenoxy) is 1. The van der Waals surface area contributed by atoms with Crippen LogP contribution in [0.3, 0.4) is 0 Å². The molecular weight excluding hydrogens is 242 g/mol. The number of aromatic nitrogens is 2. The van der Waals surface area contributed by atoms with Crippen LogP contribution < -0.4 is 10.1 Å². The molecule has 0 unspecified atom stereocenters. The van der Waals surface area contributed by atoms with E-state index >= 15 is 0 Å². The Balaban J connectivity index is 2.00. The van der Waals surface area contributed by atoms with Crippen LogP contribution in [0.1, 0.15) is 18.5 Å². The van der Waals surface area contributed by atoms with Gasteiger partial charge in [-0.1, -0.05) is 18.2 Å². The Morgan fingerprint density at radius 3 is 2.89 bits per heavy atom. The number of benzene rings is 1. The third-order valence-corrected chi connectivity index (χ3v) is 2.85. The molecule has 1 N–H and O–H groups in total. The minimum atomic E-state index is -0.112. The molecule has 0 saturated heterocycles. The lowest BCUT2D eigenvalue weighted by atomic mass is 10.1. The van der Waals surface area contributed by atoms with E-state index < -0.39 is 0 Å². The lowest BCUT2D eigenvalue weighted by Gasteiger charge is -2.17. The zero-order valence-electron chi connectivity index (χ0n) is 11.0. The molecule has 100 valence electrons. The maximum absolute atomic E-state index is 11.9. The average Bonchev–Trinajstić information content (AvgIpc) is 2.91. The van der Waals surface area contributed by atoms with Gasteiger partial charge in [-0.2, -0.15) is 5.10 Å². The zero-order valence-corrected chi connectivity index (χ0v) is 11.0. The Morgan fingerprint density at radius 1 is 1.42 bits per heavy atom. The minimum Gasteiger partial charge on any atom is -0.496 e. The quantitative estimate of drug-likeness (QED) is 0.890. The first-order valence-corrected chi connectivity index (χ1v) is 6.10. The Labute approximate surface area is 112 Å². The molecule has 1 atom stereocenters. The Bertz CT molecular complexity index is 537. The van der Waals surface area contributed by atoms with Crippen molar-refractivity contribution in [1.82, 2.24) is 15.1 Å². The molecule has 1 aromatic carbocycles. The number of para-hydroxylation sites is 1. The van der Waals surface area contributed by atoms with E-state index in [1.807, 2.05) is 31.2 Å². The van der Waals surface area contributed by atoms with Gasteiger partial charge in [-0.15, -0.1) is 0 Å². The lowest BCUT2D eigenvalue weighted by molar-refractivity contribution is -0.122. The number of nitrogens with one attached hydrogen (secondary N) is 1. The molecule has 19 heavy (non-hydrogen) atoms. The highest BCUT2D eigenvalue weighted by Crippen LogP contribution is 2.24. The van der Waals surface area contributed by atoms with Crippen LogP contribution in [0.4, 0.5) is 0 Å². The van der Waals surface area contributed by atoms with Crippen LogP contribution in [0.15, 0.2) is 42.7 Å². The third-order valence-electron chi connectivity index (χ3n) is 2.85. The molecule has 0 saturated carbocycles. The number of carbonyl (C=O) groups excluding carboxylic acids is 1. The lowest BCUT2D eigenvalue weighted by Crippen LogP contribution is -2.30. The second-order valence-electron chi connectivity index (χ2n) is 4.23. The summed E-state index contributed by atoms with van der Waals surface area (Å²) in [6.45, 7) is 2.14. The number of amides is 1. The van der Waals surface area contributed by atoms with Crippen molar-refractivity contribution in [2.75, 3.05) is 7.11 Å². The second-order valence-corrected chi connectivity index (χ2v) is 4.23. The molecule has 2 aromatic rings. The molecule has 5 heteroatoms. The predicted octanol–water partition coefficient (Wildman–Crippen LogP) is 1.77. The molecule has 1 heterocycles. The molecule has 0 fully saturated rings. The second kappa shape index (κ2) is 6.04. The van der Waals surface area contributed by atoms with Gasteiger partial charge < -0.3 is 10.1 Å². The summed E-state index contributed by atoms with van der Waals surface area (Å²) in [6, 6.07) is 9.33. The molecule has 1 amide bonds. The fraction of sp³-hybridized carbons (Fsp3) is 0.286. The molecule has 5 nitrogen and oxygen atoms in total. The number of carbonyl (C=O) groups is 1. The van der Waals surface area contributed by atoms with Gasteiger partial charge in [0.15, 0.2) is 0 Å². The topological polar surface area (TPSA) is 56.1 Å². The fourth-order valence-electron chi connectivity index (χ4n) is 1.93. The summed E-state index contributed by atoms with van der Waals surface area (Å²) in [6.07, 6.45) is 3.41. The molecule has 0 aliphatic carbocycles. The van der Waals surface area contributed by atoms with Crippen molar-refractivity contribution in [1.29, 1.82) is 0 Å². The van der Waals surface area contributed by atoms with E-state index in [9.17, 15) is 4.79 Å². The maximum atomic E-state index is 11.9. The van der Waals surface area contributed by atoms with Crippen molar-refractivity contribution in [2.45, 2.75) is 19.5 Å². The van der Waals surface area contributed by atoms with Crippen molar-refractivity contribution in [2.24, 2.45) is 0 Å². The van der Waals surface area contributed by atoms with Gasteiger partial charge in [0.2, 0.25) is 5.91 Å². The molecule has 2 rings (SSSR count). The monoisotopic (exact) mass is 259 g/mol. The maximum Gasteiger partial charge on any atom is 0.242 e. The van der Waals surface area contributed by atoms with Gasteiger partial charge in [-0.05, 0) is 19.1 Å². The van der Waals surface area contributed by atoms with Gasteiger partial charge in [0.05, 0.1) is 13.2 Å². The third kappa shape index (κ3) is 3.34. The minimum absolute atomic E-state index is 0.0814. The van der Waals surface area contributed by atoms with E-state index in [-0.39, 0.29) is 18.5 Å². The molecule has 0 bridgehead atoms. The molecular formula is C14H17N3O2. The van der Waals surface area contributed by atoms with Crippen LogP contribution in [0.25, 0.3) is 0 Å². The number of hydrogen-bond acceptors (Lipinski definition) is 3. The zero-order chi connectivity index (χ0) is 13.7. The summed E-state index contributed by atoms with van der Waals surface area (Å²) >= 11 is 0. The van der Waals surface area contributed by atoms with Gasteiger partial charge in [0, 0.05) is 18.0 Å². The van der Waals surface area contributed by atoms with E-state index in [0.29, 0.717) is 0 Å². The van der Waals surface area contributed by atoms with Gasteiger partial charge in [-0.25, -0.2) is 0 Å². The highest BCUT2D eigenvalue weighted by Gasteiger charge is 2.13. The van der Waals surface area contributed by atoms with E-state index in [2.05, 4.69) is 10.4 Å². The Morgan fingerprint density at radius 2 is 2.21 bits per heavy atom. The van der Waals surface area contributed by atoms with E-state index in [1.54, 1.807) is 30.3 Å². The van der Waals surface area contributed by atoms with Crippen LogP contribution in [-0.2, 0) is 11.3 Å². The number of methoxy groups -OCH3 is 1. The standard InChI is InChI=1S/C14H17N3O2/c1-11(12-6-3-4-7-13(12)19-2)16-14(18)10-17-9-5-8-15-17/h3-9,11H,10H2,1-2H3,(H,16,18)/t11-/m0/s1. The van der Waals surface area contributed by atoms with Crippen molar-refractivity contribution in [3.05, 3.63) is 48.3 Å². The van der Waals surface area contributed by atoms with Crippen LogP contribution in [0.2, 0.25) is 0 Å². The molecule has 0 aliphatic rings. The number of hydrogen-bond donors (Lipinski definition) is 1. The Hall–Kier alpha value is -2.30. The first kappa shape index (κ1) is 13.1. The van der Waals surface area contributed by atoms with Crippen molar-refractivity contribution < 1.29 is 9.53 Å². The smallest absolute Gasteiger partial charge is 0.242 e. The number of rotatable bonds is 5. The van der Waals surface area contributed by atoms with Gasteiger partial charge in [0.1, 0.15) is 12.3 Å². The molecule has 1 aromatic heterocycles. The van der Waals surface area contributed by atoms with Crippen molar-refractivity contribution in [3.63, 3.8) is 0 Å². The molecule has 0 radical (unpaired) electrons. The highest BCUT2D eigenvalue weighted by molar-refractivity contribution is 5.76. The predicted molar refractivity (Wildman–Crippen MR) is 71.8 cm³/mol. The van der Waals surface area contributed by atoms with Crippen LogP contribution in [-0.4, -0.2) is 22.8 Å². The first-order valence-electron chi connectivity index (χ1n) is 6.10. The highest BCUT2D eigenvalue weighted by atomic mass is 16.5. The Kier molecular flexibility index (Phi) is 4.18. The van der Waals surface area contributed by atoms with Crippen LogP contribution in [0, 0.1) is 0 Å². The van der Waals surface area contributed by atoms with Crippen molar-refractivity contribution >= 4 is 5.91 Å².